The normalized spacial score (nSPS) is 8.80. The third-order valence-electron chi connectivity index (χ3n) is 0.751. The van der Waals surface area contributed by atoms with E-state index in [0.717, 1.165) is 0 Å². The molecule has 0 aliphatic rings. The van der Waals surface area contributed by atoms with Gasteiger partial charge in [0.2, 0.25) is 0 Å². The maximum absolute atomic E-state index is 10.6. The van der Waals surface area contributed by atoms with Crippen molar-refractivity contribution in [2.45, 2.75) is 6.92 Å². The molecule has 0 rings (SSSR count). The Morgan fingerprint density at radius 2 is 2.00 bits per heavy atom. The highest BCUT2D eigenvalue weighted by molar-refractivity contribution is 14.0. The van der Waals surface area contributed by atoms with E-state index < -0.39 is 0 Å². The number of hydrogen-bond donors (Lipinski definition) is 0. The Kier molecular flexibility index (Phi) is 9.31. The molecule has 0 aliphatic carbocycles. The quantitative estimate of drug-likeness (QED) is 0.552. The summed E-state index contributed by atoms with van der Waals surface area (Å²) in [6.07, 6.45) is 0. The molecule has 0 spiro atoms. The Bertz CT molecular complexity index is 95.7. The molecular weight excluding hydrogens is 245 g/mol. The average molecular weight is 259 g/mol. The summed E-state index contributed by atoms with van der Waals surface area (Å²) in [5, 5.41) is 0. The van der Waals surface area contributed by atoms with Gasteiger partial charge in [0.05, 0.1) is 13.2 Å². The number of carbonyl (C=O) groups is 1. The van der Waals surface area contributed by atoms with Gasteiger partial charge in [0.1, 0.15) is 0 Å². The lowest BCUT2D eigenvalue weighted by molar-refractivity contribution is -0.143. The van der Waals surface area contributed by atoms with E-state index in [9.17, 15) is 4.79 Å². The molecule has 0 fully saturated rings. The summed E-state index contributed by atoms with van der Waals surface area (Å²) in [4.78, 5) is 12.4. The van der Waals surface area contributed by atoms with Gasteiger partial charge in [-0.2, -0.15) is 0 Å². The summed E-state index contributed by atoms with van der Waals surface area (Å²) in [5.74, 6) is -0.164. The van der Waals surface area contributed by atoms with Crippen molar-refractivity contribution in [3.05, 3.63) is 0 Å². The van der Waals surface area contributed by atoms with Gasteiger partial charge in [-0.1, -0.05) is 0 Å². The largest absolute Gasteiger partial charge is 0.465 e. The molecular formula is C6H14INO2. The van der Waals surface area contributed by atoms with E-state index in [4.69, 9.17) is 0 Å². The van der Waals surface area contributed by atoms with Gasteiger partial charge in [-0.15, -0.1) is 24.0 Å². The van der Waals surface area contributed by atoms with Crippen LogP contribution in [0.15, 0.2) is 0 Å². The van der Waals surface area contributed by atoms with Gasteiger partial charge < -0.3 is 4.74 Å². The standard InChI is InChI=1S/C6H13NO2.HI/c1-4-9-6(8)5-7(2)3;/h4-5H2,1-3H3;1H. The minimum Gasteiger partial charge on any atom is -0.465 e. The minimum atomic E-state index is -0.164. The second-order valence-corrected chi connectivity index (χ2v) is 2.04. The number of nitrogens with zero attached hydrogens (tertiary/aromatic N) is 1. The third-order valence-corrected chi connectivity index (χ3v) is 0.751. The Labute approximate surface area is 78.7 Å². The van der Waals surface area contributed by atoms with Crippen LogP contribution in [0.25, 0.3) is 0 Å². The summed E-state index contributed by atoms with van der Waals surface area (Å²) >= 11 is 0. The van der Waals surface area contributed by atoms with Crippen LogP contribution >= 0.6 is 24.0 Å². The molecule has 0 saturated carbocycles. The molecule has 0 aromatic rings. The molecule has 10 heavy (non-hydrogen) atoms. The SMILES string of the molecule is CCOC(=O)CN(C)C.I. The number of esters is 1. The molecule has 0 saturated heterocycles. The summed E-state index contributed by atoms with van der Waals surface area (Å²) in [7, 11) is 3.66. The van der Waals surface area contributed by atoms with Crippen molar-refractivity contribution in [3.63, 3.8) is 0 Å². The Balaban J connectivity index is 0. The van der Waals surface area contributed by atoms with Crippen LogP contribution in [-0.4, -0.2) is 38.1 Å². The van der Waals surface area contributed by atoms with Crippen molar-refractivity contribution in [1.29, 1.82) is 0 Å². The fourth-order valence-corrected chi connectivity index (χ4v) is 0.465. The van der Waals surface area contributed by atoms with Crippen LogP contribution in [-0.2, 0) is 9.53 Å². The van der Waals surface area contributed by atoms with E-state index in [-0.39, 0.29) is 29.9 Å². The molecule has 0 aromatic heterocycles. The predicted molar refractivity (Wildman–Crippen MR) is 50.6 cm³/mol. The van der Waals surface area contributed by atoms with Gasteiger partial charge in [0.25, 0.3) is 0 Å². The third kappa shape index (κ3) is 8.16. The zero-order valence-electron chi connectivity index (χ0n) is 6.59. The molecule has 0 atom stereocenters. The highest BCUT2D eigenvalue weighted by Crippen LogP contribution is 1.79. The molecule has 0 heterocycles. The molecule has 4 heteroatoms. The first-order valence-corrected chi connectivity index (χ1v) is 2.97. The lowest BCUT2D eigenvalue weighted by atomic mass is 10.6. The average Bonchev–Trinajstić information content (AvgIpc) is 1.63. The van der Waals surface area contributed by atoms with Crippen molar-refractivity contribution < 1.29 is 9.53 Å². The predicted octanol–water partition coefficient (Wildman–Crippen LogP) is 0.729. The van der Waals surface area contributed by atoms with Crippen LogP contribution in [0.5, 0.6) is 0 Å². The molecule has 0 aliphatic heterocycles. The smallest absolute Gasteiger partial charge is 0.320 e. The van der Waals surface area contributed by atoms with Gasteiger partial charge in [0.15, 0.2) is 0 Å². The van der Waals surface area contributed by atoms with Crippen LogP contribution in [0.4, 0.5) is 0 Å². The maximum Gasteiger partial charge on any atom is 0.320 e. The van der Waals surface area contributed by atoms with E-state index in [1.54, 1.807) is 11.8 Å². The topological polar surface area (TPSA) is 29.5 Å². The summed E-state index contributed by atoms with van der Waals surface area (Å²) in [6, 6.07) is 0. The van der Waals surface area contributed by atoms with Crippen molar-refractivity contribution in [2.75, 3.05) is 27.2 Å². The number of likely N-dealkylation sites (N-methyl/N-ethyl adjacent to an activating group) is 1. The van der Waals surface area contributed by atoms with E-state index in [2.05, 4.69) is 4.74 Å². The second kappa shape index (κ2) is 7.27. The summed E-state index contributed by atoms with van der Waals surface area (Å²) in [5.41, 5.74) is 0. The number of ether oxygens (including phenoxy) is 1. The molecule has 0 bridgehead atoms. The van der Waals surface area contributed by atoms with E-state index in [1.807, 2.05) is 14.1 Å². The van der Waals surface area contributed by atoms with Crippen molar-refractivity contribution >= 4 is 29.9 Å². The highest BCUT2D eigenvalue weighted by atomic mass is 127. The first-order valence-electron chi connectivity index (χ1n) is 2.97. The van der Waals surface area contributed by atoms with Crippen molar-refractivity contribution in [2.24, 2.45) is 0 Å². The van der Waals surface area contributed by atoms with Crippen molar-refractivity contribution in [3.8, 4) is 0 Å². The lowest BCUT2D eigenvalue weighted by Crippen LogP contribution is -2.23. The molecule has 3 nitrogen and oxygen atoms in total. The molecule has 0 unspecified atom stereocenters. The number of hydrogen-bond acceptors (Lipinski definition) is 3. The van der Waals surface area contributed by atoms with E-state index in [0.29, 0.717) is 13.2 Å². The molecule has 0 aromatic carbocycles. The fraction of sp³-hybridized carbons (Fsp3) is 0.833. The van der Waals surface area contributed by atoms with Crippen LogP contribution in [0.1, 0.15) is 6.92 Å². The second-order valence-electron chi connectivity index (χ2n) is 2.04. The van der Waals surface area contributed by atoms with Crippen molar-refractivity contribution in [1.82, 2.24) is 4.90 Å². The highest BCUT2D eigenvalue weighted by Gasteiger charge is 2.00. The molecule has 0 amide bonds. The monoisotopic (exact) mass is 259 g/mol. The van der Waals surface area contributed by atoms with Gasteiger partial charge >= 0.3 is 5.97 Å². The summed E-state index contributed by atoms with van der Waals surface area (Å²) < 4.78 is 4.67. The Hall–Kier alpha value is 0.160. The van der Waals surface area contributed by atoms with Gasteiger partial charge in [-0.3, -0.25) is 9.69 Å². The Morgan fingerprint density at radius 1 is 1.50 bits per heavy atom. The number of carbonyl (C=O) groups excluding carboxylic acids is 1. The maximum atomic E-state index is 10.6. The van der Waals surface area contributed by atoms with Crippen LogP contribution in [0.2, 0.25) is 0 Å². The summed E-state index contributed by atoms with van der Waals surface area (Å²) in [6.45, 7) is 2.63. The molecule has 0 radical (unpaired) electrons. The van der Waals surface area contributed by atoms with Crippen LogP contribution < -0.4 is 0 Å². The van der Waals surface area contributed by atoms with Gasteiger partial charge in [-0.05, 0) is 21.0 Å². The molecule has 62 valence electrons. The lowest BCUT2D eigenvalue weighted by Gasteiger charge is -2.06. The minimum absolute atomic E-state index is 0. The van der Waals surface area contributed by atoms with E-state index in [1.165, 1.54) is 0 Å². The Morgan fingerprint density at radius 3 is 2.30 bits per heavy atom. The first-order chi connectivity index (χ1) is 4.16. The number of rotatable bonds is 3. The van der Waals surface area contributed by atoms with Gasteiger partial charge in [-0.25, -0.2) is 0 Å². The van der Waals surface area contributed by atoms with Crippen LogP contribution in [0.3, 0.4) is 0 Å². The van der Waals surface area contributed by atoms with Crippen LogP contribution in [0, 0.1) is 0 Å². The zero-order chi connectivity index (χ0) is 7.28. The van der Waals surface area contributed by atoms with E-state index >= 15 is 0 Å². The number of halogens is 1. The first kappa shape index (κ1) is 12.8. The fourth-order valence-electron chi connectivity index (χ4n) is 0.465. The molecule has 0 N–H and O–H groups in total. The zero-order valence-corrected chi connectivity index (χ0v) is 8.92. The van der Waals surface area contributed by atoms with Gasteiger partial charge in [0, 0.05) is 0 Å².